The summed E-state index contributed by atoms with van der Waals surface area (Å²) in [7, 11) is -4.79. The molecule has 0 amide bonds. The number of alkyl halides is 3. The molecule has 154 valence electrons. The minimum atomic E-state index is -5.91. The van der Waals surface area contributed by atoms with Crippen LogP contribution < -0.4 is 14.2 Å². The quantitative estimate of drug-likeness (QED) is 0.349. The lowest BCUT2D eigenvalue weighted by Gasteiger charge is -2.14. The van der Waals surface area contributed by atoms with E-state index in [4.69, 9.17) is 16.3 Å². The molecule has 0 aliphatic carbocycles. The first-order chi connectivity index (χ1) is 13.5. The number of methoxy groups -OCH3 is 1. The lowest BCUT2D eigenvalue weighted by atomic mass is 10.2. The highest BCUT2D eigenvalue weighted by molar-refractivity contribution is 7.88. The molecule has 0 aliphatic rings. The van der Waals surface area contributed by atoms with Crippen LogP contribution >= 0.6 is 11.6 Å². The molecule has 0 fully saturated rings. The molecule has 3 rings (SSSR count). The van der Waals surface area contributed by atoms with Crippen molar-refractivity contribution in [2.45, 2.75) is 5.51 Å². The van der Waals surface area contributed by atoms with Crippen molar-refractivity contribution in [1.82, 2.24) is 9.97 Å². The number of ether oxygens (including phenoxy) is 1. The second kappa shape index (κ2) is 7.52. The van der Waals surface area contributed by atoms with E-state index in [1.54, 1.807) is 0 Å². The summed E-state index contributed by atoms with van der Waals surface area (Å²) in [6.07, 6.45) is 1.09. The zero-order valence-electron chi connectivity index (χ0n) is 14.3. The standard InChI is InChI=1S/C16H10ClF4N3O4S/c1-27-13-5-9-12(6-14(13)28-29(25,26)16(19,20)21)22-7-23-15(9)24-8-2-3-11(18)10(17)4-8/h2-7H,1H3,(H,22,23,24). The van der Waals surface area contributed by atoms with Crippen LogP contribution in [0.25, 0.3) is 10.9 Å². The van der Waals surface area contributed by atoms with Crippen molar-refractivity contribution < 1.29 is 34.9 Å². The Labute approximate surface area is 166 Å². The third-order valence-electron chi connectivity index (χ3n) is 3.59. The van der Waals surface area contributed by atoms with Crippen LogP contribution in [0.3, 0.4) is 0 Å². The number of benzene rings is 2. The molecule has 2 aromatic carbocycles. The molecule has 0 spiro atoms. The van der Waals surface area contributed by atoms with Crippen molar-refractivity contribution in [1.29, 1.82) is 0 Å². The highest BCUT2D eigenvalue weighted by Gasteiger charge is 2.49. The van der Waals surface area contributed by atoms with E-state index < -0.39 is 27.2 Å². The minimum absolute atomic E-state index is 0.0592. The maximum atomic E-state index is 13.3. The van der Waals surface area contributed by atoms with Gasteiger partial charge in [-0.05, 0) is 24.3 Å². The normalized spacial score (nSPS) is 12.1. The second-order valence-electron chi connectivity index (χ2n) is 5.48. The van der Waals surface area contributed by atoms with Gasteiger partial charge in [-0.3, -0.25) is 0 Å². The van der Waals surface area contributed by atoms with Crippen molar-refractivity contribution in [3.8, 4) is 11.5 Å². The molecule has 0 bridgehead atoms. The van der Waals surface area contributed by atoms with E-state index in [-0.39, 0.29) is 27.5 Å². The van der Waals surface area contributed by atoms with E-state index in [9.17, 15) is 26.0 Å². The van der Waals surface area contributed by atoms with E-state index in [1.807, 2.05) is 0 Å². The van der Waals surface area contributed by atoms with Crippen LogP contribution in [0.4, 0.5) is 29.1 Å². The fourth-order valence-corrected chi connectivity index (χ4v) is 2.91. The molecule has 1 aromatic heterocycles. The van der Waals surface area contributed by atoms with Gasteiger partial charge in [0.1, 0.15) is 18.0 Å². The third kappa shape index (κ3) is 4.27. The molecule has 29 heavy (non-hydrogen) atoms. The Morgan fingerprint density at radius 2 is 1.83 bits per heavy atom. The van der Waals surface area contributed by atoms with Crippen LogP contribution in [0.2, 0.25) is 5.02 Å². The van der Waals surface area contributed by atoms with Crippen LogP contribution in [0, 0.1) is 5.82 Å². The molecule has 0 aliphatic heterocycles. The highest BCUT2D eigenvalue weighted by Crippen LogP contribution is 2.37. The molecule has 0 saturated carbocycles. The summed E-state index contributed by atoms with van der Waals surface area (Å²) in [6.45, 7) is 0. The molecule has 7 nitrogen and oxygen atoms in total. The van der Waals surface area contributed by atoms with Crippen LogP contribution in [0.15, 0.2) is 36.7 Å². The first-order valence-electron chi connectivity index (χ1n) is 7.57. The van der Waals surface area contributed by atoms with Gasteiger partial charge in [-0.15, -0.1) is 0 Å². The van der Waals surface area contributed by atoms with Gasteiger partial charge in [0.15, 0.2) is 11.5 Å². The van der Waals surface area contributed by atoms with Crippen molar-refractivity contribution in [2.75, 3.05) is 12.4 Å². The summed E-state index contributed by atoms with van der Waals surface area (Å²) in [5, 5.41) is 2.99. The zero-order valence-corrected chi connectivity index (χ0v) is 15.9. The zero-order chi connectivity index (χ0) is 21.4. The van der Waals surface area contributed by atoms with Gasteiger partial charge >= 0.3 is 15.6 Å². The molecular formula is C16H10ClF4N3O4S. The van der Waals surface area contributed by atoms with Gasteiger partial charge in [0.05, 0.1) is 17.6 Å². The van der Waals surface area contributed by atoms with Gasteiger partial charge in [-0.25, -0.2) is 14.4 Å². The molecule has 3 aromatic rings. The van der Waals surface area contributed by atoms with Gasteiger partial charge < -0.3 is 14.2 Å². The summed E-state index contributed by atoms with van der Waals surface area (Å²) in [5.74, 6) is -1.45. The van der Waals surface area contributed by atoms with Crippen molar-refractivity contribution in [3.63, 3.8) is 0 Å². The van der Waals surface area contributed by atoms with E-state index >= 15 is 0 Å². The summed E-state index contributed by atoms with van der Waals surface area (Å²) < 4.78 is 82.8. The van der Waals surface area contributed by atoms with Crippen molar-refractivity contribution in [2.24, 2.45) is 0 Å². The van der Waals surface area contributed by atoms with E-state index in [0.717, 1.165) is 25.6 Å². The van der Waals surface area contributed by atoms with Crippen molar-refractivity contribution >= 4 is 44.1 Å². The van der Waals surface area contributed by atoms with E-state index in [2.05, 4.69) is 19.5 Å². The maximum Gasteiger partial charge on any atom is 0.534 e. The topological polar surface area (TPSA) is 90.4 Å². The molecule has 0 radical (unpaired) electrons. The van der Waals surface area contributed by atoms with Crippen molar-refractivity contribution in [3.05, 3.63) is 47.5 Å². The number of hydrogen-bond donors (Lipinski definition) is 1. The number of hydrogen-bond acceptors (Lipinski definition) is 7. The number of halogens is 5. The average Bonchev–Trinajstić information content (AvgIpc) is 2.63. The number of nitrogens with one attached hydrogen (secondary N) is 1. The fourth-order valence-electron chi connectivity index (χ4n) is 2.26. The Kier molecular flexibility index (Phi) is 5.41. The number of rotatable bonds is 5. The molecule has 0 unspecified atom stereocenters. The Balaban J connectivity index is 2.06. The molecule has 1 N–H and O–H groups in total. The first kappa shape index (κ1) is 20.9. The summed E-state index contributed by atoms with van der Waals surface area (Å²) >= 11 is 5.73. The summed E-state index contributed by atoms with van der Waals surface area (Å²) in [6, 6.07) is 5.98. The van der Waals surface area contributed by atoms with Gasteiger partial charge in [-0.2, -0.15) is 21.6 Å². The predicted octanol–water partition coefficient (Wildman–Crippen LogP) is 4.40. The highest BCUT2D eigenvalue weighted by atomic mass is 35.5. The summed E-state index contributed by atoms with van der Waals surface area (Å²) in [4.78, 5) is 7.91. The largest absolute Gasteiger partial charge is 0.534 e. The van der Waals surface area contributed by atoms with Crippen LogP contribution in [0.1, 0.15) is 0 Å². The third-order valence-corrected chi connectivity index (χ3v) is 4.84. The Morgan fingerprint density at radius 1 is 1.10 bits per heavy atom. The van der Waals surface area contributed by atoms with Crippen LogP contribution in [0.5, 0.6) is 11.5 Å². The SMILES string of the molecule is COc1cc2c(Nc3ccc(F)c(Cl)c3)ncnc2cc1OS(=O)(=O)C(F)(F)F. The Morgan fingerprint density at radius 3 is 2.45 bits per heavy atom. The monoisotopic (exact) mass is 451 g/mol. The maximum absolute atomic E-state index is 13.3. The first-order valence-corrected chi connectivity index (χ1v) is 9.36. The number of anilines is 2. The number of fused-ring (bicyclic) bond motifs is 1. The van der Waals surface area contributed by atoms with Gasteiger partial charge in [-0.1, -0.05) is 11.6 Å². The minimum Gasteiger partial charge on any atom is -0.493 e. The fraction of sp³-hybridized carbons (Fsp3) is 0.125. The average molecular weight is 452 g/mol. The van der Waals surface area contributed by atoms with Crippen LogP contribution in [-0.4, -0.2) is 31.0 Å². The summed E-state index contributed by atoms with van der Waals surface area (Å²) in [5.41, 5.74) is -5.19. The Hall–Kier alpha value is -2.86. The van der Waals surface area contributed by atoms with Gasteiger partial charge in [0.2, 0.25) is 0 Å². The number of nitrogens with zero attached hydrogens (tertiary/aromatic N) is 2. The smallest absolute Gasteiger partial charge is 0.493 e. The lowest BCUT2D eigenvalue weighted by molar-refractivity contribution is -0.0500. The Bertz CT molecular complexity index is 1190. The molecule has 0 atom stereocenters. The molecular weight excluding hydrogens is 442 g/mol. The van der Waals surface area contributed by atoms with Gasteiger partial charge in [0, 0.05) is 17.1 Å². The lowest BCUT2D eigenvalue weighted by Crippen LogP contribution is -2.28. The number of aromatic nitrogens is 2. The second-order valence-corrected chi connectivity index (χ2v) is 7.42. The molecule has 1 heterocycles. The van der Waals surface area contributed by atoms with Gasteiger partial charge in [0.25, 0.3) is 0 Å². The molecule has 13 heteroatoms. The van der Waals surface area contributed by atoms with E-state index in [1.165, 1.54) is 18.2 Å². The van der Waals surface area contributed by atoms with Crippen LogP contribution in [-0.2, 0) is 10.1 Å². The predicted molar refractivity (Wildman–Crippen MR) is 96.4 cm³/mol. The molecule has 0 saturated heterocycles. The van der Waals surface area contributed by atoms with E-state index in [0.29, 0.717) is 5.69 Å².